The largest absolute Gasteiger partial charge is 0.343 e. The number of halogens is 1. The SMILES string of the molecule is NCCC(=O)N1CCC(c2cn(-c3ccc(Cl)cc3)c3cnccc23)CC1. The highest BCUT2D eigenvalue weighted by atomic mass is 35.5. The molecule has 2 N–H and O–H groups in total. The highest BCUT2D eigenvalue weighted by molar-refractivity contribution is 6.30. The number of amides is 1. The molecule has 0 aliphatic carbocycles. The predicted molar refractivity (Wildman–Crippen MR) is 108 cm³/mol. The molecule has 5 nitrogen and oxygen atoms in total. The number of aromatic nitrogens is 2. The molecule has 1 amide bonds. The van der Waals surface area contributed by atoms with Gasteiger partial charge in [-0.3, -0.25) is 9.78 Å². The number of likely N-dealkylation sites (tertiary alicyclic amines) is 1. The third-order valence-electron chi connectivity index (χ3n) is 5.39. The van der Waals surface area contributed by atoms with Gasteiger partial charge in [0.1, 0.15) is 0 Å². The zero-order chi connectivity index (χ0) is 18.8. The number of carbonyl (C=O) groups excluding carboxylic acids is 1. The summed E-state index contributed by atoms with van der Waals surface area (Å²) in [6.07, 6.45) is 8.35. The number of benzene rings is 1. The van der Waals surface area contributed by atoms with Gasteiger partial charge in [-0.15, -0.1) is 0 Å². The fourth-order valence-corrected chi connectivity index (χ4v) is 4.09. The summed E-state index contributed by atoms with van der Waals surface area (Å²) < 4.78 is 2.18. The van der Waals surface area contributed by atoms with E-state index in [1.54, 1.807) is 0 Å². The Balaban J connectivity index is 1.63. The predicted octanol–water partition coefficient (Wildman–Crippen LogP) is 3.73. The van der Waals surface area contributed by atoms with Crippen molar-refractivity contribution in [2.45, 2.75) is 25.2 Å². The Morgan fingerprint density at radius 2 is 1.93 bits per heavy atom. The highest BCUT2D eigenvalue weighted by Gasteiger charge is 2.26. The van der Waals surface area contributed by atoms with E-state index >= 15 is 0 Å². The van der Waals surface area contributed by atoms with Crippen molar-refractivity contribution in [3.05, 3.63) is 59.5 Å². The first-order chi connectivity index (χ1) is 13.2. The lowest BCUT2D eigenvalue weighted by atomic mass is 9.89. The standard InChI is InChI=1S/C21H23ClN4O/c22-16-1-3-17(4-2-16)26-14-19(18-6-10-24-13-20(18)26)15-7-11-25(12-8-15)21(27)5-9-23/h1-4,6,10,13-15H,5,7-9,11-12,23H2. The molecule has 1 aliphatic heterocycles. The van der Waals surface area contributed by atoms with Gasteiger partial charge in [-0.1, -0.05) is 11.6 Å². The minimum Gasteiger partial charge on any atom is -0.343 e. The first-order valence-corrected chi connectivity index (χ1v) is 9.74. The Bertz CT molecular complexity index is 942. The Morgan fingerprint density at radius 1 is 1.19 bits per heavy atom. The quantitative estimate of drug-likeness (QED) is 0.747. The Labute approximate surface area is 163 Å². The molecule has 1 aromatic carbocycles. The number of nitrogens with zero attached hydrogens (tertiary/aromatic N) is 3. The summed E-state index contributed by atoms with van der Waals surface area (Å²) >= 11 is 6.04. The van der Waals surface area contributed by atoms with Crippen LogP contribution in [0.5, 0.6) is 0 Å². The van der Waals surface area contributed by atoms with Gasteiger partial charge >= 0.3 is 0 Å². The zero-order valence-corrected chi connectivity index (χ0v) is 15.9. The van der Waals surface area contributed by atoms with E-state index < -0.39 is 0 Å². The van der Waals surface area contributed by atoms with Crippen molar-refractivity contribution >= 4 is 28.4 Å². The second-order valence-electron chi connectivity index (χ2n) is 7.02. The monoisotopic (exact) mass is 382 g/mol. The average molecular weight is 383 g/mol. The minimum absolute atomic E-state index is 0.170. The van der Waals surface area contributed by atoms with Crippen molar-refractivity contribution < 1.29 is 4.79 Å². The van der Waals surface area contributed by atoms with Gasteiger partial charge in [0.15, 0.2) is 0 Å². The Hall–Kier alpha value is -2.37. The van der Waals surface area contributed by atoms with Crippen molar-refractivity contribution in [3.8, 4) is 5.69 Å². The molecule has 1 saturated heterocycles. The molecule has 0 saturated carbocycles. The van der Waals surface area contributed by atoms with Gasteiger partial charge in [-0.2, -0.15) is 0 Å². The normalized spacial score (nSPS) is 15.4. The van der Waals surface area contributed by atoms with Gasteiger partial charge in [0, 0.05) is 54.5 Å². The van der Waals surface area contributed by atoms with Crippen molar-refractivity contribution in [1.29, 1.82) is 0 Å². The molecule has 0 spiro atoms. The second-order valence-corrected chi connectivity index (χ2v) is 7.45. The molecule has 140 valence electrons. The van der Waals surface area contributed by atoms with Crippen molar-refractivity contribution in [1.82, 2.24) is 14.5 Å². The second kappa shape index (κ2) is 7.71. The van der Waals surface area contributed by atoms with E-state index in [4.69, 9.17) is 17.3 Å². The van der Waals surface area contributed by atoms with Crippen LogP contribution in [0.25, 0.3) is 16.6 Å². The van der Waals surface area contributed by atoms with Crippen LogP contribution in [0.2, 0.25) is 5.02 Å². The molecule has 3 aromatic rings. The van der Waals surface area contributed by atoms with Crippen LogP contribution in [0, 0.1) is 0 Å². The maximum Gasteiger partial charge on any atom is 0.223 e. The van der Waals surface area contributed by atoms with E-state index in [0.29, 0.717) is 18.9 Å². The number of hydrogen-bond donors (Lipinski definition) is 1. The van der Waals surface area contributed by atoms with Gasteiger partial charge in [0.2, 0.25) is 5.91 Å². The smallest absolute Gasteiger partial charge is 0.223 e. The molecular weight excluding hydrogens is 360 g/mol. The third-order valence-corrected chi connectivity index (χ3v) is 5.64. The molecule has 3 heterocycles. The minimum atomic E-state index is 0.170. The number of nitrogens with two attached hydrogens (primary N) is 1. The number of hydrogen-bond acceptors (Lipinski definition) is 3. The molecule has 2 aromatic heterocycles. The van der Waals surface area contributed by atoms with Crippen LogP contribution in [0.3, 0.4) is 0 Å². The summed E-state index contributed by atoms with van der Waals surface area (Å²) in [7, 11) is 0. The van der Waals surface area contributed by atoms with Crippen LogP contribution in [0.15, 0.2) is 48.9 Å². The lowest BCUT2D eigenvalue weighted by Gasteiger charge is -2.32. The summed E-state index contributed by atoms with van der Waals surface area (Å²) in [4.78, 5) is 18.4. The molecule has 4 rings (SSSR count). The van der Waals surface area contributed by atoms with Crippen LogP contribution in [-0.4, -0.2) is 40.0 Å². The van der Waals surface area contributed by atoms with Gasteiger partial charge in [-0.05, 0) is 54.7 Å². The summed E-state index contributed by atoms with van der Waals surface area (Å²) in [6, 6.07) is 9.93. The van der Waals surface area contributed by atoms with E-state index in [1.165, 1.54) is 10.9 Å². The average Bonchev–Trinajstić information content (AvgIpc) is 3.09. The molecule has 6 heteroatoms. The van der Waals surface area contributed by atoms with E-state index in [9.17, 15) is 4.79 Å². The number of carbonyl (C=O) groups is 1. The maximum atomic E-state index is 12.1. The molecule has 1 fully saturated rings. The molecule has 0 radical (unpaired) electrons. The number of rotatable bonds is 4. The highest BCUT2D eigenvalue weighted by Crippen LogP contribution is 2.35. The molecule has 1 aliphatic rings. The lowest BCUT2D eigenvalue weighted by molar-refractivity contribution is -0.132. The molecule has 0 bridgehead atoms. The summed E-state index contributed by atoms with van der Waals surface area (Å²) in [5.74, 6) is 0.606. The Kier molecular flexibility index (Phi) is 5.14. The van der Waals surface area contributed by atoms with Crippen molar-refractivity contribution in [2.24, 2.45) is 5.73 Å². The van der Waals surface area contributed by atoms with Crippen molar-refractivity contribution in [2.75, 3.05) is 19.6 Å². The van der Waals surface area contributed by atoms with Crippen LogP contribution < -0.4 is 5.73 Å². The summed E-state index contributed by atoms with van der Waals surface area (Å²) in [6.45, 7) is 2.00. The van der Waals surface area contributed by atoms with Gasteiger partial charge in [-0.25, -0.2) is 0 Å². The summed E-state index contributed by atoms with van der Waals surface area (Å²) in [5, 5.41) is 1.95. The molecule has 0 unspecified atom stereocenters. The van der Waals surface area contributed by atoms with Gasteiger partial charge < -0.3 is 15.2 Å². The van der Waals surface area contributed by atoms with Gasteiger partial charge in [0.05, 0.1) is 11.7 Å². The first kappa shape index (κ1) is 18.0. The number of fused-ring (bicyclic) bond motifs is 1. The van der Waals surface area contributed by atoms with E-state index in [-0.39, 0.29) is 5.91 Å². The molecular formula is C21H23ClN4O. The van der Waals surface area contributed by atoms with Crippen LogP contribution >= 0.6 is 11.6 Å². The zero-order valence-electron chi connectivity index (χ0n) is 15.1. The van der Waals surface area contributed by atoms with Gasteiger partial charge in [0.25, 0.3) is 0 Å². The lowest BCUT2D eigenvalue weighted by Crippen LogP contribution is -2.38. The number of piperidine rings is 1. The fraction of sp³-hybridized carbons (Fsp3) is 0.333. The number of pyridine rings is 1. The van der Waals surface area contributed by atoms with E-state index in [0.717, 1.165) is 42.2 Å². The topological polar surface area (TPSA) is 64.2 Å². The third kappa shape index (κ3) is 3.57. The van der Waals surface area contributed by atoms with E-state index in [2.05, 4.69) is 21.8 Å². The Morgan fingerprint density at radius 3 is 2.63 bits per heavy atom. The fourth-order valence-electron chi connectivity index (χ4n) is 3.96. The van der Waals surface area contributed by atoms with E-state index in [1.807, 2.05) is 41.6 Å². The first-order valence-electron chi connectivity index (χ1n) is 9.36. The van der Waals surface area contributed by atoms with Crippen LogP contribution in [0.1, 0.15) is 30.7 Å². The maximum absolute atomic E-state index is 12.1. The van der Waals surface area contributed by atoms with Crippen molar-refractivity contribution in [3.63, 3.8) is 0 Å². The molecule has 0 atom stereocenters. The summed E-state index contributed by atoms with van der Waals surface area (Å²) in [5.41, 5.74) is 9.01. The molecule has 27 heavy (non-hydrogen) atoms. The van der Waals surface area contributed by atoms with Crippen LogP contribution in [0.4, 0.5) is 0 Å². The van der Waals surface area contributed by atoms with Crippen LogP contribution in [-0.2, 0) is 4.79 Å².